The fraction of sp³-hybridized carbons (Fsp3) is 0. The number of carbonyl (C=O) groups excluding carboxylic acids is 1. The third-order valence-corrected chi connectivity index (χ3v) is 4.41. The van der Waals surface area contributed by atoms with Crippen LogP contribution in [0, 0.1) is 0 Å². The van der Waals surface area contributed by atoms with E-state index >= 15 is 0 Å². The zero-order valence-corrected chi connectivity index (χ0v) is 8.28. The van der Waals surface area contributed by atoms with Gasteiger partial charge < -0.3 is 0 Å². The van der Waals surface area contributed by atoms with Gasteiger partial charge in [0, 0.05) is 0 Å². The van der Waals surface area contributed by atoms with Crippen molar-refractivity contribution in [2.24, 2.45) is 0 Å². The van der Waals surface area contributed by atoms with Crippen molar-refractivity contribution in [1.29, 1.82) is 0 Å². The van der Waals surface area contributed by atoms with Gasteiger partial charge in [-0.1, -0.05) is 0 Å². The van der Waals surface area contributed by atoms with Gasteiger partial charge in [0.05, 0.1) is 0 Å². The molecule has 0 unspecified atom stereocenters. The first-order valence-corrected chi connectivity index (χ1v) is 5.16. The van der Waals surface area contributed by atoms with Gasteiger partial charge in [0.1, 0.15) is 0 Å². The molecule has 0 aliphatic rings. The summed E-state index contributed by atoms with van der Waals surface area (Å²) in [6, 6.07) is 1.86. The molecule has 0 bridgehead atoms. The van der Waals surface area contributed by atoms with Crippen molar-refractivity contribution in [1.82, 2.24) is 0 Å². The van der Waals surface area contributed by atoms with Crippen LogP contribution >= 0.6 is 27.5 Å². The molecule has 0 aliphatic carbocycles. The summed E-state index contributed by atoms with van der Waals surface area (Å²) in [5, 5.41) is -0.341. The fourth-order valence-corrected chi connectivity index (χ4v) is 3.36. The average molecular weight is 272 g/mol. The Balaban J connectivity index is 3.08. The fourth-order valence-electron chi connectivity index (χ4n) is 0.434. The Bertz CT molecular complexity index is 233. The van der Waals surface area contributed by atoms with Gasteiger partial charge in [-0.15, -0.1) is 0 Å². The zero-order valence-electron chi connectivity index (χ0n) is 4.23. The summed E-state index contributed by atoms with van der Waals surface area (Å²) < 4.78 is 1.55. The monoisotopic (exact) mass is 272 g/mol. The molecular weight excluding hydrogens is 270 g/mol. The molecule has 9 heavy (non-hydrogen) atoms. The molecular formula is C5H2BrClOSe. The van der Waals surface area contributed by atoms with E-state index in [0.717, 1.165) is 4.47 Å². The van der Waals surface area contributed by atoms with Crippen LogP contribution in [0.4, 0.5) is 0 Å². The molecule has 0 saturated heterocycles. The first-order chi connectivity index (χ1) is 4.22. The summed E-state index contributed by atoms with van der Waals surface area (Å²) in [5.41, 5.74) is 0. The second-order valence-corrected chi connectivity index (χ2v) is 4.49. The van der Waals surface area contributed by atoms with Crippen molar-refractivity contribution in [3.63, 3.8) is 0 Å². The van der Waals surface area contributed by atoms with Gasteiger partial charge in [0.2, 0.25) is 0 Å². The topological polar surface area (TPSA) is 17.1 Å². The average Bonchev–Trinajstić information content (AvgIpc) is 2.13. The van der Waals surface area contributed by atoms with E-state index in [1.807, 2.05) is 11.0 Å². The quantitative estimate of drug-likeness (QED) is 0.563. The van der Waals surface area contributed by atoms with Crippen molar-refractivity contribution in [3.8, 4) is 0 Å². The predicted octanol–water partition coefficient (Wildman–Crippen LogP) is 1.89. The van der Waals surface area contributed by atoms with Crippen LogP contribution < -0.4 is 0 Å². The third-order valence-electron chi connectivity index (χ3n) is 0.796. The third kappa shape index (κ3) is 1.68. The van der Waals surface area contributed by atoms with E-state index in [0.29, 0.717) is 4.44 Å². The molecule has 1 aromatic heterocycles. The molecule has 0 radical (unpaired) electrons. The van der Waals surface area contributed by atoms with E-state index in [2.05, 4.69) is 15.9 Å². The maximum absolute atomic E-state index is 10.5. The number of halogens is 2. The zero-order chi connectivity index (χ0) is 6.85. The summed E-state index contributed by atoms with van der Waals surface area (Å²) in [4.78, 5) is 12.5. The van der Waals surface area contributed by atoms with Crippen molar-refractivity contribution in [2.45, 2.75) is 0 Å². The van der Waals surface area contributed by atoms with E-state index in [-0.39, 0.29) is 19.7 Å². The standard InChI is InChI=1S/C5H2BrClOSe/c6-3-1-2-9-4(3)5(7)8/h1-2H. The Morgan fingerprint density at radius 2 is 2.44 bits per heavy atom. The van der Waals surface area contributed by atoms with E-state index in [4.69, 9.17) is 11.6 Å². The molecule has 1 heterocycles. The summed E-state index contributed by atoms with van der Waals surface area (Å²) >= 11 is 8.59. The van der Waals surface area contributed by atoms with Crippen LogP contribution in [0.3, 0.4) is 0 Å². The van der Waals surface area contributed by atoms with Crippen LogP contribution in [0.1, 0.15) is 9.23 Å². The molecule has 1 nitrogen and oxygen atoms in total. The maximum atomic E-state index is 10.5. The minimum absolute atomic E-state index is 0.150. The summed E-state index contributed by atoms with van der Waals surface area (Å²) in [6.07, 6.45) is 0. The van der Waals surface area contributed by atoms with Gasteiger partial charge in [0.25, 0.3) is 0 Å². The van der Waals surface area contributed by atoms with Crippen molar-refractivity contribution >= 4 is 47.3 Å². The second kappa shape index (κ2) is 3.02. The Kier molecular flexibility index (Phi) is 2.53. The minimum atomic E-state index is -0.341. The number of hydrogen-bond acceptors (Lipinski definition) is 1. The van der Waals surface area contributed by atoms with Crippen LogP contribution in [-0.2, 0) is 0 Å². The molecule has 4 heteroatoms. The van der Waals surface area contributed by atoms with Crippen LogP contribution in [0.5, 0.6) is 0 Å². The molecule has 48 valence electrons. The molecule has 0 aromatic carbocycles. The number of hydrogen-bond donors (Lipinski definition) is 0. The molecule has 1 aromatic rings. The van der Waals surface area contributed by atoms with Gasteiger partial charge in [-0.3, -0.25) is 0 Å². The molecule has 0 atom stereocenters. The second-order valence-electron chi connectivity index (χ2n) is 1.37. The van der Waals surface area contributed by atoms with E-state index < -0.39 is 0 Å². The normalized spacial score (nSPS) is 9.56. The van der Waals surface area contributed by atoms with Crippen molar-refractivity contribution in [2.75, 3.05) is 0 Å². The van der Waals surface area contributed by atoms with E-state index in [9.17, 15) is 4.79 Å². The van der Waals surface area contributed by atoms with Crippen LogP contribution in [0.25, 0.3) is 0 Å². The van der Waals surface area contributed by atoms with Gasteiger partial charge >= 0.3 is 72.0 Å². The van der Waals surface area contributed by atoms with Gasteiger partial charge in [-0.05, 0) is 0 Å². The van der Waals surface area contributed by atoms with Crippen LogP contribution in [-0.4, -0.2) is 19.7 Å². The summed E-state index contributed by atoms with van der Waals surface area (Å²) in [6.45, 7) is 0. The number of carbonyl (C=O) groups is 1. The first-order valence-electron chi connectivity index (χ1n) is 2.14. The molecule has 0 fully saturated rings. The van der Waals surface area contributed by atoms with Gasteiger partial charge in [-0.2, -0.15) is 0 Å². The van der Waals surface area contributed by atoms with Gasteiger partial charge in [-0.25, -0.2) is 0 Å². The number of rotatable bonds is 1. The Morgan fingerprint density at radius 3 is 2.67 bits per heavy atom. The van der Waals surface area contributed by atoms with Crippen molar-refractivity contribution < 1.29 is 4.79 Å². The van der Waals surface area contributed by atoms with E-state index in [1.165, 1.54) is 0 Å². The summed E-state index contributed by atoms with van der Waals surface area (Å²) in [7, 11) is 0. The Morgan fingerprint density at radius 1 is 1.78 bits per heavy atom. The van der Waals surface area contributed by atoms with E-state index in [1.54, 1.807) is 0 Å². The van der Waals surface area contributed by atoms with Gasteiger partial charge in [0.15, 0.2) is 0 Å². The van der Waals surface area contributed by atoms with Crippen LogP contribution in [0.15, 0.2) is 15.5 Å². The SMILES string of the molecule is O=C(Cl)c1[se]ccc1Br. The molecule has 0 amide bonds. The molecule has 0 spiro atoms. The molecule has 0 N–H and O–H groups in total. The molecule has 0 aliphatic heterocycles. The predicted molar refractivity (Wildman–Crippen MR) is 41.3 cm³/mol. The molecule has 1 rings (SSSR count). The Hall–Kier alpha value is 0.439. The molecule has 0 saturated carbocycles. The van der Waals surface area contributed by atoms with Crippen molar-refractivity contribution in [3.05, 3.63) is 19.9 Å². The first kappa shape index (κ1) is 7.55. The summed E-state index contributed by atoms with van der Waals surface area (Å²) in [5.74, 6) is 0. The van der Waals surface area contributed by atoms with Crippen LogP contribution in [0.2, 0.25) is 0 Å². The Labute approximate surface area is 71.9 Å².